The summed E-state index contributed by atoms with van der Waals surface area (Å²) < 4.78 is 0. The maximum Gasteiger partial charge on any atom is 0.326 e. The fourth-order valence-corrected chi connectivity index (χ4v) is 2.29. The van der Waals surface area contributed by atoms with Crippen molar-refractivity contribution in [3.05, 3.63) is 0 Å². The Kier molecular flexibility index (Phi) is 6.62. The minimum atomic E-state index is -0.992. The summed E-state index contributed by atoms with van der Waals surface area (Å²) in [6.45, 7) is 7.76. The molecule has 1 saturated heterocycles. The number of rotatable bonds is 6. The van der Waals surface area contributed by atoms with E-state index in [1.807, 2.05) is 0 Å². The number of aliphatic carboxylic acids is 1. The number of carbonyl (C=O) groups is 2. The minimum Gasteiger partial charge on any atom is -0.480 e. The summed E-state index contributed by atoms with van der Waals surface area (Å²) in [5, 5.41) is 14.1. The van der Waals surface area contributed by atoms with Gasteiger partial charge in [-0.1, -0.05) is 13.8 Å². The van der Waals surface area contributed by atoms with Crippen LogP contribution >= 0.6 is 0 Å². The molecular formula is C13H25N3O3. The molecule has 110 valence electrons. The number of carboxylic acids is 1. The van der Waals surface area contributed by atoms with E-state index in [4.69, 9.17) is 5.11 Å². The van der Waals surface area contributed by atoms with E-state index >= 15 is 0 Å². The van der Waals surface area contributed by atoms with Gasteiger partial charge in [-0.3, -0.25) is 0 Å². The van der Waals surface area contributed by atoms with Crippen LogP contribution in [0.4, 0.5) is 4.79 Å². The summed E-state index contributed by atoms with van der Waals surface area (Å²) in [4.78, 5) is 24.8. The zero-order valence-electron chi connectivity index (χ0n) is 11.8. The van der Waals surface area contributed by atoms with Crippen molar-refractivity contribution in [2.45, 2.75) is 39.2 Å². The molecule has 2 amide bonds. The van der Waals surface area contributed by atoms with E-state index in [-0.39, 0.29) is 6.03 Å². The van der Waals surface area contributed by atoms with Gasteiger partial charge in [-0.05, 0) is 44.8 Å². The molecule has 1 aliphatic heterocycles. The fraction of sp³-hybridized carbons (Fsp3) is 0.846. The molecule has 6 heteroatoms. The van der Waals surface area contributed by atoms with Crippen LogP contribution in [0.15, 0.2) is 0 Å². The second kappa shape index (κ2) is 7.99. The Labute approximate surface area is 114 Å². The molecule has 0 aliphatic carbocycles. The van der Waals surface area contributed by atoms with Gasteiger partial charge in [0.25, 0.3) is 0 Å². The third-order valence-electron chi connectivity index (χ3n) is 3.72. The summed E-state index contributed by atoms with van der Waals surface area (Å²) >= 11 is 0. The SMILES string of the molecule is CC[C@H](NC(=O)NCC1CCN(CC)CC1)C(=O)O. The molecule has 0 bridgehead atoms. The Morgan fingerprint density at radius 1 is 1.32 bits per heavy atom. The first-order valence-corrected chi connectivity index (χ1v) is 7.06. The largest absolute Gasteiger partial charge is 0.480 e. The predicted octanol–water partition coefficient (Wildman–Crippen LogP) is 0.881. The van der Waals surface area contributed by atoms with Crippen LogP contribution in [-0.2, 0) is 4.79 Å². The Hall–Kier alpha value is -1.30. The normalized spacial score (nSPS) is 18.8. The average Bonchev–Trinajstić information content (AvgIpc) is 2.42. The Bertz CT molecular complexity index is 302. The van der Waals surface area contributed by atoms with Crippen molar-refractivity contribution in [3.63, 3.8) is 0 Å². The van der Waals surface area contributed by atoms with Crippen molar-refractivity contribution in [2.24, 2.45) is 5.92 Å². The summed E-state index contributed by atoms with van der Waals surface area (Å²) in [5.74, 6) is -0.493. The summed E-state index contributed by atoms with van der Waals surface area (Å²) in [7, 11) is 0. The highest BCUT2D eigenvalue weighted by molar-refractivity contribution is 5.82. The van der Waals surface area contributed by atoms with Crippen molar-refractivity contribution in [1.82, 2.24) is 15.5 Å². The lowest BCUT2D eigenvalue weighted by Gasteiger charge is -2.31. The van der Waals surface area contributed by atoms with E-state index in [0.29, 0.717) is 18.9 Å². The number of nitrogens with one attached hydrogen (secondary N) is 2. The second-order valence-electron chi connectivity index (χ2n) is 5.03. The van der Waals surface area contributed by atoms with Gasteiger partial charge in [0.2, 0.25) is 0 Å². The van der Waals surface area contributed by atoms with Gasteiger partial charge in [-0.25, -0.2) is 9.59 Å². The zero-order chi connectivity index (χ0) is 14.3. The lowest BCUT2D eigenvalue weighted by Crippen LogP contribution is -2.47. The van der Waals surface area contributed by atoms with Gasteiger partial charge in [-0.15, -0.1) is 0 Å². The lowest BCUT2D eigenvalue weighted by atomic mass is 9.97. The van der Waals surface area contributed by atoms with E-state index in [0.717, 1.165) is 32.5 Å². The number of urea groups is 1. The van der Waals surface area contributed by atoms with Crippen LogP contribution in [0, 0.1) is 5.92 Å². The van der Waals surface area contributed by atoms with E-state index < -0.39 is 12.0 Å². The third kappa shape index (κ3) is 5.46. The van der Waals surface area contributed by atoms with Crippen LogP contribution in [0.2, 0.25) is 0 Å². The van der Waals surface area contributed by atoms with Crippen molar-refractivity contribution < 1.29 is 14.7 Å². The van der Waals surface area contributed by atoms with Gasteiger partial charge in [0.1, 0.15) is 6.04 Å². The van der Waals surface area contributed by atoms with Crippen LogP contribution in [0.25, 0.3) is 0 Å². The van der Waals surface area contributed by atoms with Gasteiger partial charge in [0.05, 0.1) is 0 Å². The zero-order valence-corrected chi connectivity index (χ0v) is 11.8. The van der Waals surface area contributed by atoms with E-state index in [1.165, 1.54) is 0 Å². The number of nitrogens with zero attached hydrogens (tertiary/aromatic N) is 1. The number of piperidine rings is 1. The van der Waals surface area contributed by atoms with Crippen molar-refractivity contribution in [3.8, 4) is 0 Å². The van der Waals surface area contributed by atoms with E-state index in [1.54, 1.807) is 6.92 Å². The van der Waals surface area contributed by atoms with E-state index in [2.05, 4.69) is 22.5 Å². The molecule has 1 atom stereocenters. The molecule has 0 unspecified atom stereocenters. The molecule has 1 rings (SSSR count). The first-order chi connectivity index (χ1) is 9.06. The van der Waals surface area contributed by atoms with Crippen molar-refractivity contribution >= 4 is 12.0 Å². The Morgan fingerprint density at radius 3 is 2.42 bits per heavy atom. The number of carboxylic acid groups (broad SMARTS) is 1. The Balaban J connectivity index is 2.22. The molecule has 1 heterocycles. The van der Waals surface area contributed by atoms with Gasteiger partial charge < -0.3 is 20.6 Å². The number of hydrogen-bond donors (Lipinski definition) is 3. The molecule has 0 aromatic carbocycles. The van der Waals surface area contributed by atoms with Gasteiger partial charge in [0.15, 0.2) is 0 Å². The smallest absolute Gasteiger partial charge is 0.326 e. The number of amides is 2. The fourth-order valence-electron chi connectivity index (χ4n) is 2.29. The summed E-state index contributed by atoms with van der Waals surface area (Å²) in [6.07, 6.45) is 2.56. The van der Waals surface area contributed by atoms with Crippen molar-refractivity contribution in [2.75, 3.05) is 26.2 Å². The topological polar surface area (TPSA) is 81.7 Å². The van der Waals surface area contributed by atoms with E-state index in [9.17, 15) is 9.59 Å². The number of hydrogen-bond acceptors (Lipinski definition) is 3. The number of carbonyl (C=O) groups excluding carboxylic acids is 1. The van der Waals surface area contributed by atoms with Gasteiger partial charge >= 0.3 is 12.0 Å². The first-order valence-electron chi connectivity index (χ1n) is 7.06. The standard InChI is InChI=1S/C13H25N3O3/c1-3-11(12(17)18)15-13(19)14-9-10-5-7-16(4-2)8-6-10/h10-11H,3-9H2,1-2H3,(H,17,18)(H2,14,15,19)/t11-/m0/s1. The average molecular weight is 271 g/mol. The molecule has 1 aliphatic rings. The molecular weight excluding hydrogens is 246 g/mol. The predicted molar refractivity (Wildman–Crippen MR) is 73.1 cm³/mol. The molecule has 0 spiro atoms. The highest BCUT2D eigenvalue weighted by atomic mass is 16.4. The third-order valence-corrected chi connectivity index (χ3v) is 3.72. The maximum atomic E-state index is 11.6. The molecule has 19 heavy (non-hydrogen) atoms. The monoisotopic (exact) mass is 271 g/mol. The second-order valence-corrected chi connectivity index (χ2v) is 5.03. The van der Waals surface area contributed by atoms with Gasteiger partial charge in [-0.2, -0.15) is 0 Å². The molecule has 6 nitrogen and oxygen atoms in total. The lowest BCUT2D eigenvalue weighted by molar-refractivity contribution is -0.139. The van der Waals surface area contributed by atoms with Crippen LogP contribution in [0.3, 0.4) is 0 Å². The number of likely N-dealkylation sites (tertiary alicyclic amines) is 1. The molecule has 0 radical (unpaired) electrons. The first kappa shape index (κ1) is 15.8. The highest BCUT2D eigenvalue weighted by Gasteiger charge is 2.20. The summed E-state index contributed by atoms with van der Waals surface area (Å²) in [5.41, 5.74) is 0. The maximum absolute atomic E-state index is 11.6. The Morgan fingerprint density at radius 2 is 1.95 bits per heavy atom. The molecule has 0 aromatic rings. The van der Waals surface area contributed by atoms with Crippen LogP contribution in [0.5, 0.6) is 0 Å². The quantitative estimate of drug-likeness (QED) is 0.670. The molecule has 0 saturated carbocycles. The van der Waals surface area contributed by atoms with Gasteiger partial charge in [0, 0.05) is 6.54 Å². The molecule has 0 aromatic heterocycles. The van der Waals surface area contributed by atoms with Crippen LogP contribution in [0.1, 0.15) is 33.1 Å². The van der Waals surface area contributed by atoms with Crippen LogP contribution in [-0.4, -0.2) is 54.2 Å². The molecule has 3 N–H and O–H groups in total. The van der Waals surface area contributed by atoms with Crippen LogP contribution < -0.4 is 10.6 Å². The highest BCUT2D eigenvalue weighted by Crippen LogP contribution is 2.15. The summed E-state index contributed by atoms with van der Waals surface area (Å²) in [6, 6.07) is -1.19. The molecule has 1 fully saturated rings. The minimum absolute atomic E-state index is 0.382. The van der Waals surface area contributed by atoms with Crippen molar-refractivity contribution in [1.29, 1.82) is 0 Å².